The average Bonchev–Trinajstić information content (AvgIpc) is 2.33. The van der Waals surface area contributed by atoms with Crippen LogP contribution in [0.4, 0.5) is 0 Å². The molecule has 1 N–H and O–H groups in total. The Morgan fingerprint density at radius 3 is 2.41 bits per heavy atom. The molecule has 0 aromatic carbocycles. The van der Waals surface area contributed by atoms with Crippen molar-refractivity contribution in [3.63, 3.8) is 0 Å². The van der Waals surface area contributed by atoms with Gasteiger partial charge in [-0.2, -0.15) is 23.5 Å². The first-order chi connectivity index (χ1) is 8.31. The first-order valence-corrected chi connectivity index (χ1v) is 11.0. The lowest BCUT2D eigenvalue weighted by Gasteiger charge is -2.01. The minimum Gasteiger partial charge on any atom is -0.396 e. The van der Waals surface area contributed by atoms with E-state index in [0.29, 0.717) is 6.42 Å². The molecule has 0 saturated heterocycles. The summed E-state index contributed by atoms with van der Waals surface area (Å²) in [6.07, 6.45) is 0.663. The largest absolute Gasteiger partial charge is 0.396 e. The van der Waals surface area contributed by atoms with E-state index in [-0.39, 0.29) is 11.7 Å². The molecule has 0 aliphatic heterocycles. The molecule has 2 nitrogen and oxygen atoms in total. The fourth-order valence-electron chi connectivity index (χ4n) is 0.753. The van der Waals surface area contributed by atoms with Crippen LogP contribution in [0.5, 0.6) is 0 Å². The Morgan fingerprint density at radius 1 is 1.00 bits per heavy atom. The molecule has 0 heterocycles. The standard InChI is InChI=1S/C10H20O2S5/c1-2-13-7-16-8-14-5-3-10(12)17-9-15-6-4-11/h11H,2-9H2,1H3. The Bertz CT molecular complexity index is 180. The van der Waals surface area contributed by atoms with Crippen LogP contribution in [0.3, 0.4) is 0 Å². The third-order valence-electron chi connectivity index (χ3n) is 1.53. The molecule has 17 heavy (non-hydrogen) atoms. The van der Waals surface area contributed by atoms with Crippen LogP contribution in [0, 0.1) is 0 Å². The average molecular weight is 333 g/mol. The van der Waals surface area contributed by atoms with Crippen LogP contribution in [0.25, 0.3) is 0 Å². The minimum atomic E-state index is 0.197. The van der Waals surface area contributed by atoms with Crippen molar-refractivity contribution in [3.05, 3.63) is 0 Å². The highest BCUT2D eigenvalue weighted by Gasteiger charge is 2.02. The molecular formula is C10H20O2S5. The Balaban J connectivity index is 3.11. The van der Waals surface area contributed by atoms with Gasteiger partial charge >= 0.3 is 0 Å². The van der Waals surface area contributed by atoms with E-state index >= 15 is 0 Å². The minimum absolute atomic E-state index is 0.197. The number of hydrogen-bond donors (Lipinski definition) is 1. The number of thioether (sulfide) groups is 5. The fourth-order valence-corrected chi connectivity index (χ4v) is 5.88. The van der Waals surface area contributed by atoms with Gasteiger partial charge in [0.05, 0.1) is 6.61 Å². The fraction of sp³-hybridized carbons (Fsp3) is 0.900. The molecule has 0 rings (SSSR count). The van der Waals surface area contributed by atoms with Gasteiger partial charge in [0, 0.05) is 33.2 Å². The van der Waals surface area contributed by atoms with Crippen LogP contribution >= 0.6 is 58.8 Å². The molecule has 0 atom stereocenters. The van der Waals surface area contributed by atoms with Gasteiger partial charge in [0.25, 0.3) is 0 Å². The zero-order valence-corrected chi connectivity index (χ0v) is 14.1. The van der Waals surface area contributed by atoms with Crippen molar-refractivity contribution in [1.29, 1.82) is 0 Å². The molecule has 0 aliphatic carbocycles. The van der Waals surface area contributed by atoms with Gasteiger partial charge in [-0.1, -0.05) is 18.7 Å². The molecule has 0 bridgehead atoms. The normalized spacial score (nSPS) is 10.7. The number of aliphatic hydroxyl groups excluding tert-OH is 1. The van der Waals surface area contributed by atoms with E-state index in [1.165, 1.54) is 17.5 Å². The quantitative estimate of drug-likeness (QED) is 0.433. The van der Waals surface area contributed by atoms with E-state index in [1.807, 2.05) is 35.3 Å². The summed E-state index contributed by atoms with van der Waals surface area (Å²) in [5.41, 5.74) is 0. The molecule has 7 heteroatoms. The lowest BCUT2D eigenvalue weighted by atomic mass is 10.5. The maximum atomic E-state index is 11.4. The van der Waals surface area contributed by atoms with Crippen LogP contribution < -0.4 is 0 Å². The number of aliphatic hydroxyl groups is 1. The predicted molar refractivity (Wildman–Crippen MR) is 89.5 cm³/mol. The third-order valence-corrected chi connectivity index (χ3v) is 7.23. The smallest absolute Gasteiger partial charge is 0.190 e. The van der Waals surface area contributed by atoms with Gasteiger partial charge in [-0.3, -0.25) is 4.79 Å². The highest BCUT2D eigenvalue weighted by atomic mass is 32.2. The van der Waals surface area contributed by atoms with Crippen LogP contribution in [-0.2, 0) is 4.79 Å². The monoisotopic (exact) mass is 332 g/mol. The Kier molecular flexibility index (Phi) is 16.7. The Morgan fingerprint density at radius 2 is 1.71 bits per heavy atom. The van der Waals surface area contributed by atoms with Crippen molar-refractivity contribution in [1.82, 2.24) is 0 Å². The van der Waals surface area contributed by atoms with Crippen molar-refractivity contribution >= 4 is 63.9 Å². The molecule has 0 saturated carbocycles. The molecule has 0 unspecified atom stereocenters. The lowest BCUT2D eigenvalue weighted by Crippen LogP contribution is -1.95. The molecule has 0 fully saturated rings. The maximum Gasteiger partial charge on any atom is 0.190 e. The van der Waals surface area contributed by atoms with Gasteiger partial charge in [-0.05, 0) is 5.75 Å². The van der Waals surface area contributed by atoms with Gasteiger partial charge < -0.3 is 5.11 Å². The van der Waals surface area contributed by atoms with Crippen LogP contribution in [0.2, 0.25) is 0 Å². The van der Waals surface area contributed by atoms with Crippen molar-refractivity contribution < 1.29 is 9.90 Å². The highest BCUT2D eigenvalue weighted by Crippen LogP contribution is 2.20. The van der Waals surface area contributed by atoms with E-state index < -0.39 is 0 Å². The van der Waals surface area contributed by atoms with Crippen molar-refractivity contribution in [3.8, 4) is 0 Å². The number of hydrogen-bond acceptors (Lipinski definition) is 7. The zero-order chi connectivity index (χ0) is 12.8. The first-order valence-electron chi connectivity index (χ1n) is 5.38. The van der Waals surface area contributed by atoms with E-state index in [4.69, 9.17) is 5.11 Å². The number of carbonyl (C=O) groups is 1. The van der Waals surface area contributed by atoms with E-state index in [0.717, 1.165) is 26.8 Å². The lowest BCUT2D eigenvalue weighted by molar-refractivity contribution is -0.110. The van der Waals surface area contributed by atoms with E-state index in [2.05, 4.69) is 6.92 Å². The topological polar surface area (TPSA) is 37.3 Å². The van der Waals surface area contributed by atoms with E-state index in [1.54, 1.807) is 11.8 Å². The number of carbonyl (C=O) groups excluding carboxylic acids is 1. The van der Waals surface area contributed by atoms with Gasteiger partial charge in [-0.15, -0.1) is 23.5 Å². The Labute approximate surface area is 126 Å². The second-order valence-electron chi connectivity index (χ2n) is 2.86. The van der Waals surface area contributed by atoms with Gasteiger partial charge in [-0.25, -0.2) is 0 Å². The SMILES string of the molecule is CCSCSCSCCC(=O)SCSCCO. The summed E-state index contributed by atoms with van der Waals surface area (Å²) >= 11 is 8.71. The summed E-state index contributed by atoms with van der Waals surface area (Å²) in [6, 6.07) is 0. The summed E-state index contributed by atoms with van der Waals surface area (Å²) in [5, 5.41) is 11.9. The zero-order valence-electron chi connectivity index (χ0n) is 10.1. The predicted octanol–water partition coefficient (Wildman–Crippen LogP) is 3.45. The number of rotatable bonds is 12. The second kappa shape index (κ2) is 15.4. The molecule has 0 spiro atoms. The highest BCUT2D eigenvalue weighted by molar-refractivity contribution is 8.24. The molecule has 0 amide bonds. The molecular weight excluding hydrogens is 312 g/mol. The third kappa shape index (κ3) is 15.3. The van der Waals surface area contributed by atoms with Gasteiger partial charge in [0.15, 0.2) is 5.12 Å². The second-order valence-corrected chi connectivity index (χ2v) is 9.46. The summed E-state index contributed by atoms with van der Waals surface area (Å²) in [6.45, 7) is 2.37. The maximum absolute atomic E-state index is 11.4. The van der Waals surface area contributed by atoms with Gasteiger partial charge in [0.2, 0.25) is 0 Å². The van der Waals surface area contributed by atoms with Crippen molar-refractivity contribution in [2.75, 3.05) is 39.1 Å². The Hall–Kier alpha value is 1.38. The molecule has 0 aromatic heterocycles. The summed E-state index contributed by atoms with van der Waals surface area (Å²) in [7, 11) is 0. The van der Waals surface area contributed by atoms with Crippen LogP contribution in [0.1, 0.15) is 13.3 Å². The molecule has 0 radical (unpaired) electrons. The summed E-state index contributed by atoms with van der Waals surface area (Å²) in [4.78, 5) is 11.4. The van der Waals surface area contributed by atoms with E-state index in [9.17, 15) is 4.79 Å². The molecule has 0 aliphatic rings. The first kappa shape index (κ1) is 18.4. The molecule has 102 valence electrons. The van der Waals surface area contributed by atoms with Crippen LogP contribution in [-0.4, -0.2) is 49.3 Å². The van der Waals surface area contributed by atoms with Crippen LogP contribution in [0.15, 0.2) is 0 Å². The van der Waals surface area contributed by atoms with Gasteiger partial charge in [0.1, 0.15) is 0 Å². The summed E-state index contributed by atoms with van der Waals surface area (Å²) < 4.78 is 0. The van der Waals surface area contributed by atoms with Crippen molar-refractivity contribution in [2.24, 2.45) is 0 Å². The summed E-state index contributed by atoms with van der Waals surface area (Å²) in [5.74, 6) is 2.83. The molecule has 0 aromatic rings. The van der Waals surface area contributed by atoms with Crippen molar-refractivity contribution in [2.45, 2.75) is 13.3 Å².